The molecule has 0 radical (unpaired) electrons. The average Bonchev–Trinajstić information content (AvgIpc) is 1.88. The third-order valence-corrected chi connectivity index (χ3v) is 2.26. The second-order valence-electron chi connectivity index (χ2n) is 2.45. The molecule has 3 unspecified atom stereocenters. The van der Waals surface area contributed by atoms with Gasteiger partial charge in [-0.15, -0.1) is 11.6 Å². The van der Waals surface area contributed by atoms with Gasteiger partial charge in [0.15, 0.2) is 0 Å². The van der Waals surface area contributed by atoms with Crippen LogP contribution in [0.15, 0.2) is 0 Å². The van der Waals surface area contributed by atoms with E-state index in [1.165, 1.54) is 0 Å². The number of rotatable bonds is 3. The normalized spacial score (nSPS) is 39.3. The molecule has 0 spiro atoms. The fourth-order valence-electron chi connectivity index (χ4n) is 1.20. The average molecular weight is 165 g/mol. The van der Waals surface area contributed by atoms with E-state index in [4.69, 9.17) is 21.1 Å². The molecule has 1 saturated carbocycles. The predicted octanol–water partition coefficient (Wildman–Crippen LogP) is 1.42. The summed E-state index contributed by atoms with van der Waals surface area (Å²) in [7, 11) is 1.67. The Bertz CT molecular complexity index is 106. The van der Waals surface area contributed by atoms with Gasteiger partial charge in [-0.3, -0.25) is 0 Å². The standard InChI is InChI=1S/C7H13ClO2/c1-3-10-6-4-5(8)7(6)9-2/h5-7H,3-4H2,1-2H3. The number of hydrogen-bond acceptors (Lipinski definition) is 2. The zero-order chi connectivity index (χ0) is 7.56. The number of alkyl halides is 1. The first-order valence-electron chi connectivity index (χ1n) is 3.58. The monoisotopic (exact) mass is 164 g/mol. The maximum Gasteiger partial charge on any atom is 0.0997 e. The number of hydrogen-bond donors (Lipinski definition) is 0. The van der Waals surface area contributed by atoms with Gasteiger partial charge in [-0.05, 0) is 13.3 Å². The lowest BCUT2D eigenvalue weighted by atomic mass is 9.91. The van der Waals surface area contributed by atoms with Crippen molar-refractivity contribution >= 4 is 11.6 Å². The predicted molar refractivity (Wildman–Crippen MR) is 40.5 cm³/mol. The first kappa shape index (κ1) is 8.31. The van der Waals surface area contributed by atoms with Gasteiger partial charge >= 0.3 is 0 Å². The van der Waals surface area contributed by atoms with Gasteiger partial charge in [-0.1, -0.05) is 0 Å². The lowest BCUT2D eigenvalue weighted by molar-refractivity contribution is -0.106. The maximum atomic E-state index is 5.84. The quantitative estimate of drug-likeness (QED) is 0.588. The van der Waals surface area contributed by atoms with Crippen molar-refractivity contribution in [2.45, 2.75) is 30.9 Å². The van der Waals surface area contributed by atoms with Gasteiger partial charge in [0.05, 0.1) is 17.6 Å². The molecule has 2 nitrogen and oxygen atoms in total. The Balaban J connectivity index is 2.23. The van der Waals surface area contributed by atoms with Crippen LogP contribution < -0.4 is 0 Å². The molecule has 1 aliphatic carbocycles. The smallest absolute Gasteiger partial charge is 0.0997 e. The van der Waals surface area contributed by atoms with E-state index in [0.29, 0.717) is 0 Å². The van der Waals surface area contributed by atoms with Gasteiger partial charge in [0.25, 0.3) is 0 Å². The highest BCUT2D eigenvalue weighted by Crippen LogP contribution is 2.31. The fourth-order valence-corrected chi connectivity index (χ4v) is 1.64. The largest absolute Gasteiger partial charge is 0.377 e. The number of methoxy groups -OCH3 is 1. The molecule has 3 heteroatoms. The molecule has 10 heavy (non-hydrogen) atoms. The summed E-state index contributed by atoms with van der Waals surface area (Å²) in [4.78, 5) is 0. The highest BCUT2D eigenvalue weighted by Gasteiger charge is 2.40. The first-order chi connectivity index (χ1) is 4.79. The molecule has 0 aromatic rings. The summed E-state index contributed by atoms with van der Waals surface area (Å²) < 4.78 is 10.4. The van der Waals surface area contributed by atoms with E-state index >= 15 is 0 Å². The minimum absolute atomic E-state index is 0.113. The summed E-state index contributed by atoms with van der Waals surface area (Å²) in [5.74, 6) is 0. The van der Waals surface area contributed by atoms with Gasteiger partial charge in [0.2, 0.25) is 0 Å². The topological polar surface area (TPSA) is 18.5 Å². The number of ether oxygens (including phenoxy) is 2. The molecule has 0 aliphatic heterocycles. The van der Waals surface area contributed by atoms with Crippen LogP contribution in [0.25, 0.3) is 0 Å². The lowest BCUT2D eigenvalue weighted by Gasteiger charge is -2.39. The first-order valence-corrected chi connectivity index (χ1v) is 4.01. The Kier molecular flexibility index (Phi) is 2.96. The van der Waals surface area contributed by atoms with Crippen molar-refractivity contribution in [2.75, 3.05) is 13.7 Å². The summed E-state index contributed by atoms with van der Waals surface area (Å²) in [5.41, 5.74) is 0. The summed E-state index contributed by atoms with van der Waals surface area (Å²) in [5, 5.41) is 0.154. The molecule has 1 rings (SSSR count). The summed E-state index contributed by atoms with van der Waals surface area (Å²) in [6, 6.07) is 0. The van der Waals surface area contributed by atoms with Crippen LogP contribution in [0.3, 0.4) is 0 Å². The van der Waals surface area contributed by atoms with Crippen molar-refractivity contribution in [1.82, 2.24) is 0 Å². The van der Waals surface area contributed by atoms with Crippen LogP contribution in [-0.4, -0.2) is 31.3 Å². The minimum Gasteiger partial charge on any atom is -0.377 e. The van der Waals surface area contributed by atoms with Crippen LogP contribution in [0.1, 0.15) is 13.3 Å². The van der Waals surface area contributed by atoms with Crippen molar-refractivity contribution < 1.29 is 9.47 Å². The third kappa shape index (κ3) is 1.44. The van der Waals surface area contributed by atoms with Crippen LogP contribution in [-0.2, 0) is 9.47 Å². The summed E-state index contributed by atoms with van der Waals surface area (Å²) >= 11 is 5.84. The summed E-state index contributed by atoms with van der Waals surface area (Å²) in [6.07, 6.45) is 1.27. The van der Waals surface area contributed by atoms with Crippen molar-refractivity contribution in [3.8, 4) is 0 Å². The summed E-state index contributed by atoms with van der Waals surface area (Å²) in [6.45, 7) is 2.72. The Morgan fingerprint density at radius 3 is 2.70 bits per heavy atom. The van der Waals surface area contributed by atoms with Gasteiger partial charge in [-0.25, -0.2) is 0 Å². The lowest BCUT2D eigenvalue weighted by Crippen LogP contribution is -2.50. The molecule has 0 bridgehead atoms. The van der Waals surface area contributed by atoms with Crippen molar-refractivity contribution in [3.63, 3.8) is 0 Å². The van der Waals surface area contributed by atoms with Crippen molar-refractivity contribution in [1.29, 1.82) is 0 Å². The molecule has 3 atom stereocenters. The van der Waals surface area contributed by atoms with Crippen LogP contribution >= 0.6 is 11.6 Å². The second-order valence-corrected chi connectivity index (χ2v) is 3.01. The molecule has 0 N–H and O–H groups in total. The van der Waals surface area contributed by atoms with E-state index in [2.05, 4.69) is 0 Å². The highest BCUT2D eigenvalue weighted by molar-refractivity contribution is 6.21. The highest BCUT2D eigenvalue weighted by atomic mass is 35.5. The Hall–Kier alpha value is 0.210. The molecule has 0 amide bonds. The van der Waals surface area contributed by atoms with E-state index in [0.717, 1.165) is 13.0 Å². The van der Waals surface area contributed by atoms with Gasteiger partial charge < -0.3 is 9.47 Å². The molecule has 0 saturated heterocycles. The molecule has 1 fully saturated rings. The maximum absolute atomic E-state index is 5.84. The van der Waals surface area contributed by atoms with Crippen molar-refractivity contribution in [3.05, 3.63) is 0 Å². The van der Waals surface area contributed by atoms with E-state index in [1.54, 1.807) is 7.11 Å². The Labute approximate surface area is 66.5 Å². The zero-order valence-electron chi connectivity index (χ0n) is 6.34. The van der Waals surface area contributed by atoms with Crippen LogP contribution in [0, 0.1) is 0 Å². The van der Waals surface area contributed by atoms with Gasteiger partial charge in [0, 0.05) is 13.7 Å². The minimum atomic E-state index is 0.113. The van der Waals surface area contributed by atoms with Gasteiger partial charge in [0.1, 0.15) is 0 Å². The molecule has 60 valence electrons. The fraction of sp³-hybridized carbons (Fsp3) is 1.00. The Morgan fingerprint density at radius 2 is 2.30 bits per heavy atom. The molecular formula is C7H13ClO2. The van der Waals surface area contributed by atoms with Crippen LogP contribution in [0.4, 0.5) is 0 Å². The molecule has 0 aromatic heterocycles. The molecule has 1 aliphatic rings. The van der Waals surface area contributed by atoms with Crippen molar-refractivity contribution in [2.24, 2.45) is 0 Å². The number of halogens is 1. The molecule has 0 heterocycles. The van der Waals surface area contributed by atoms with Gasteiger partial charge in [-0.2, -0.15) is 0 Å². The van der Waals surface area contributed by atoms with Crippen LogP contribution in [0.2, 0.25) is 0 Å². The van der Waals surface area contributed by atoms with E-state index in [-0.39, 0.29) is 17.6 Å². The second kappa shape index (κ2) is 3.56. The molecule has 0 aromatic carbocycles. The van der Waals surface area contributed by atoms with Crippen LogP contribution in [0.5, 0.6) is 0 Å². The zero-order valence-corrected chi connectivity index (χ0v) is 7.10. The van der Waals surface area contributed by atoms with E-state index < -0.39 is 0 Å². The van der Waals surface area contributed by atoms with E-state index in [9.17, 15) is 0 Å². The van der Waals surface area contributed by atoms with E-state index in [1.807, 2.05) is 6.92 Å². The SMILES string of the molecule is CCOC1CC(Cl)C1OC. The Morgan fingerprint density at radius 1 is 1.60 bits per heavy atom. The third-order valence-electron chi connectivity index (χ3n) is 1.83. The molecular weight excluding hydrogens is 152 g/mol.